The summed E-state index contributed by atoms with van der Waals surface area (Å²) in [5.41, 5.74) is 2.45. The van der Waals surface area contributed by atoms with Gasteiger partial charge >= 0.3 is 0 Å². The number of aliphatic hydroxyl groups is 1. The Kier molecular flexibility index (Phi) is 4.14. The molecule has 20 heavy (non-hydrogen) atoms. The van der Waals surface area contributed by atoms with Gasteiger partial charge in [0, 0.05) is 24.8 Å². The van der Waals surface area contributed by atoms with Crippen LogP contribution in [0.25, 0.3) is 0 Å². The summed E-state index contributed by atoms with van der Waals surface area (Å²) in [5, 5.41) is 13.0. The van der Waals surface area contributed by atoms with E-state index < -0.39 is 0 Å². The lowest BCUT2D eigenvalue weighted by atomic mass is 10.1. The Morgan fingerprint density at radius 3 is 2.80 bits per heavy atom. The maximum absolute atomic E-state index is 9.52. The van der Waals surface area contributed by atoms with E-state index in [1.54, 1.807) is 0 Å². The van der Waals surface area contributed by atoms with Crippen LogP contribution in [0.2, 0.25) is 0 Å². The van der Waals surface area contributed by atoms with Gasteiger partial charge in [-0.2, -0.15) is 0 Å². The standard InChI is InChI=1S/C16H21N3O/c20-11-14(8-13-4-2-1-3-5-13)18-10-16-9-17-12-19(16)15-6-7-15/h1-5,9,12,14-15,18,20H,6-8,10-11H2/t14-/m1/s1. The predicted molar refractivity (Wildman–Crippen MR) is 78.4 cm³/mol. The second-order valence-corrected chi connectivity index (χ2v) is 5.47. The van der Waals surface area contributed by atoms with Gasteiger partial charge in [-0.3, -0.25) is 0 Å². The summed E-state index contributed by atoms with van der Waals surface area (Å²) in [7, 11) is 0. The third-order valence-electron chi connectivity index (χ3n) is 3.80. The van der Waals surface area contributed by atoms with E-state index in [9.17, 15) is 5.11 Å². The van der Waals surface area contributed by atoms with Gasteiger partial charge in [0.25, 0.3) is 0 Å². The van der Waals surface area contributed by atoms with Crippen LogP contribution < -0.4 is 5.32 Å². The second kappa shape index (κ2) is 6.20. The Labute approximate surface area is 119 Å². The second-order valence-electron chi connectivity index (χ2n) is 5.47. The number of imidazole rings is 1. The van der Waals surface area contributed by atoms with Crippen molar-refractivity contribution in [1.29, 1.82) is 0 Å². The summed E-state index contributed by atoms with van der Waals surface area (Å²) in [6.45, 7) is 0.904. The fraction of sp³-hybridized carbons (Fsp3) is 0.438. The van der Waals surface area contributed by atoms with E-state index in [-0.39, 0.29) is 12.6 Å². The van der Waals surface area contributed by atoms with Gasteiger partial charge in [0.1, 0.15) is 0 Å². The summed E-state index contributed by atoms with van der Waals surface area (Å²) < 4.78 is 2.25. The Hall–Kier alpha value is -1.65. The van der Waals surface area contributed by atoms with Gasteiger partial charge in [-0.15, -0.1) is 0 Å². The van der Waals surface area contributed by atoms with Gasteiger partial charge in [-0.05, 0) is 24.8 Å². The molecular weight excluding hydrogens is 250 g/mol. The molecule has 2 aromatic rings. The first-order chi connectivity index (χ1) is 9.86. The molecule has 0 spiro atoms. The minimum Gasteiger partial charge on any atom is -0.395 e. The van der Waals surface area contributed by atoms with Crippen LogP contribution in [-0.4, -0.2) is 27.3 Å². The molecule has 0 aliphatic heterocycles. The molecule has 1 atom stereocenters. The van der Waals surface area contributed by atoms with Gasteiger partial charge in [0.15, 0.2) is 0 Å². The maximum atomic E-state index is 9.52. The number of benzene rings is 1. The van der Waals surface area contributed by atoms with Crippen molar-refractivity contribution in [3.63, 3.8) is 0 Å². The van der Waals surface area contributed by atoms with Gasteiger partial charge in [-0.25, -0.2) is 4.98 Å². The van der Waals surface area contributed by atoms with Crippen molar-refractivity contribution < 1.29 is 5.11 Å². The molecule has 2 N–H and O–H groups in total. The molecule has 1 aliphatic carbocycles. The van der Waals surface area contributed by atoms with Crippen molar-refractivity contribution in [2.45, 2.75) is 37.9 Å². The molecule has 106 valence electrons. The average Bonchev–Trinajstić information content (AvgIpc) is 3.23. The highest BCUT2D eigenvalue weighted by molar-refractivity contribution is 5.16. The summed E-state index contributed by atoms with van der Waals surface area (Å²) >= 11 is 0. The lowest BCUT2D eigenvalue weighted by molar-refractivity contribution is 0.240. The highest BCUT2D eigenvalue weighted by Gasteiger charge is 2.25. The molecule has 0 unspecified atom stereocenters. The van der Waals surface area contributed by atoms with Crippen molar-refractivity contribution in [1.82, 2.24) is 14.9 Å². The lowest BCUT2D eigenvalue weighted by Gasteiger charge is -2.17. The zero-order valence-corrected chi connectivity index (χ0v) is 11.6. The molecule has 0 radical (unpaired) electrons. The van der Waals surface area contributed by atoms with Crippen LogP contribution in [0.15, 0.2) is 42.9 Å². The number of rotatable bonds is 7. The monoisotopic (exact) mass is 271 g/mol. The number of nitrogens with zero attached hydrogens (tertiary/aromatic N) is 2. The molecule has 1 fully saturated rings. The Balaban J connectivity index is 1.56. The fourth-order valence-corrected chi connectivity index (χ4v) is 2.50. The molecular formula is C16H21N3O. The van der Waals surface area contributed by atoms with Gasteiger partial charge in [0.2, 0.25) is 0 Å². The molecule has 3 rings (SSSR count). The molecule has 0 saturated heterocycles. The van der Waals surface area contributed by atoms with E-state index in [4.69, 9.17) is 0 Å². The Morgan fingerprint density at radius 2 is 2.10 bits per heavy atom. The van der Waals surface area contributed by atoms with Crippen LogP contribution in [0, 0.1) is 0 Å². The van der Waals surface area contributed by atoms with E-state index in [1.807, 2.05) is 30.7 Å². The van der Waals surface area contributed by atoms with Crippen LogP contribution in [-0.2, 0) is 13.0 Å². The van der Waals surface area contributed by atoms with Gasteiger partial charge in [0.05, 0.1) is 18.6 Å². The number of nitrogens with one attached hydrogen (secondary N) is 1. The average molecular weight is 271 g/mol. The topological polar surface area (TPSA) is 50.1 Å². The first kappa shape index (κ1) is 13.3. The minimum atomic E-state index is 0.0833. The summed E-state index contributed by atoms with van der Waals surface area (Å²) in [5.74, 6) is 0. The smallest absolute Gasteiger partial charge is 0.0951 e. The number of aliphatic hydroxyl groups excluding tert-OH is 1. The molecule has 4 nitrogen and oxygen atoms in total. The molecule has 1 aromatic heterocycles. The zero-order chi connectivity index (χ0) is 13.8. The molecule has 1 heterocycles. The van der Waals surface area contributed by atoms with Crippen LogP contribution in [0.5, 0.6) is 0 Å². The first-order valence-corrected chi connectivity index (χ1v) is 7.25. The third kappa shape index (κ3) is 3.26. The van der Waals surface area contributed by atoms with E-state index in [2.05, 4.69) is 27.0 Å². The van der Waals surface area contributed by atoms with Crippen molar-refractivity contribution in [2.24, 2.45) is 0 Å². The molecule has 1 aliphatic rings. The number of hydrogen-bond donors (Lipinski definition) is 2. The molecule has 0 bridgehead atoms. The highest BCUT2D eigenvalue weighted by Crippen LogP contribution is 2.35. The van der Waals surface area contributed by atoms with E-state index >= 15 is 0 Å². The van der Waals surface area contributed by atoms with E-state index in [1.165, 1.54) is 24.1 Å². The fourth-order valence-electron chi connectivity index (χ4n) is 2.50. The zero-order valence-electron chi connectivity index (χ0n) is 11.6. The van der Waals surface area contributed by atoms with Crippen LogP contribution in [0.4, 0.5) is 0 Å². The van der Waals surface area contributed by atoms with Crippen molar-refractivity contribution in [3.05, 3.63) is 54.1 Å². The molecule has 4 heteroatoms. The van der Waals surface area contributed by atoms with Crippen molar-refractivity contribution >= 4 is 0 Å². The van der Waals surface area contributed by atoms with Crippen molar-refractivity contribution in [3.8, 4) is 0 Å². The quantitative estimate of drug-likeness (QED) is 0.809. The van der Waals surface area contributed by atoms with Gasteiger partial charge in [-0.1, -0.05) is 30.3 Å². The normalized spacial score (nSPS) is 16.2. The Bertz CT molecular complexity index is 534. The summed E-state index contributed by atoms with van der Waals surface area (Å²) in [6.07, 6.45) is 7.20. The largest absolute Gasteiger partial charge is 0.395 e. The Morgan fingerprint density at radius 1 is 1.30 bits per heavy atom. The number of aromatic nitrogens is 2. The SMILES string of the molecule is OC[C@@H](Cc1ccccc1)NCc1cncn1C1CC1. The van der Waals surface area contributed by atoms with Crippen LogP contribution >= 0.6 is 0 Å². The predicted octanol–water partition coefficient (Wildman–Crippen LogP) is 1.91. The third-order valence-corrected chi connectivity index (χ3v) is 3.80. The number of hydrogen-bond acceptors (Lipinski definition) is 3. The lowest BCUT2D eigenvalue weighted by Crippen LogP contribution is -2.34. The summed E-state index contributed by atoms with van der Waals surface area (Å²) in [6, 6.07) is 11.0. The molecule has 1 saturated carbocycles. The van der Waals surface area contributed by atoms with E-state index in [0.717, 1.165) is 13.0 Å². The van der Waals surface area contributed by atoms with Crippen LogP contribution in [0.3, 0.4) is 0 Å². The maximum Gasteiger partial charge on any atom is 0.0951 e. The highest BCUT2D eigenvalue weighted by atomic mass is 16.3. The first-order valence-electron chi connectivity index (χ1n) is 7.25. The minimum absolute atomic E-state index is 0.0833. The van der Waals surface area contributed by atoms with Crippen molar-refractivity contribution in [2.75, 3.05) is 6.61 Å². The molecule has 1 aromatic carbocycles. The summed E-state index contributed by atoms with van der Waals surface area (Å²) in [4.78, 5) is 4.23. The van der Waals surface area contributed by atoms with Gasteiger partial charge < -0.3 is 15.0 Å². The van der Waals surface area contributed by atoms with Crippen LogP contribution in [0.1, 0.15) is 30.1 Å². The van der Waals surface area contributed by atoms with E-state index in [0.29, 0.717) is 6.04 Å². The molecule has 0 amide bonds.